The van der Waals surface area contributed by atoms with Gasteiger partial charge in [-0.15, -0.1) is 0 Å². The van der Waals surface area contributed by atoms with Gasteiger partial charge in [-0.2, -0.15) is 0 Å². The minimum atomic E-state index is -0.536. The summed E-state index contributed by atoms with van der Waals surface area (Å²) in [6, 6.07) is 13.9. The number of benzene rings is 2. The van der Waals surface area contributed by atoms with E-state index in [4.69, 9.17) is 14.7 Å². The molecule has 0 aliphatic carbocycles. The van der Waals surface area contributed by atoms with E-state index < -0.39 is 5.60 Å². The summed E-state index contributed by atoms with van der Waals surface area (Å²) in [6.45, 7) is 11.0. The number of carbonyl (C=O) groups excluding carboxylic acids is 2. The number of H-pyrrole nitrogens is 2. The third-order valence-corrected chi connectivity index (χ3v) is 8.17. The van der Waals surface area contributed by atoms with E-state index in [1.807, 2.05) is 88.2 Å². The molecule has 2 aliphatic heterocycles. The Morgan fingerprint density at radius 3 is 2.27 bits per heavy atom. The van der Waals surface area contributed by atoms with Crippen molar-refractivity contribution in [3.8, 4) is 23.1 Å². The molecule has 6 rings (SSSR count). The highest BCUT2D eigenvalue weighted by Gasteiger charge is 2.35. The summed E-state index contributed by atoms with van der Waals surface area (Å²) in [5.74, 6) is 8.30. The fraction of sp³-hybridized carbons (Fsp3) is 0.429. The second-order valence-corrected chi connectivity index (χ2v) is 13.0. The first-order chi connectivity index (χ1) is 21.1. The zero-order chi connectivity index (χ0) is 31.0. The molecule has 2 N–H and O–H groups in total. The lowest BCUT2D eigenvalue weighted by Crippen LogP contribution is -2.36. The number of likely N-dealkylation sites (tertiary alicyclic amines) is 2. The van der Waals surface area contributed by atoms with Gasteiger partial charge in [0.25, 0.3) is 0 Å². The fourth-order valence-corrected chi connectivity index (χ4v) is 6.02. The maximum atomic E-state index is 12.7. The van der Waals surface area contributed by atoms with Gasteiger partial charge in [0, 0.05) is 41.9 Å². The van der Waals surface area contributed by atoms with Crippen LogP contribution in [0.4, 0.5) is 4.79 Å². The first-order valence-corrected chi connectivity index (χ1v) is 15.5. The number of nitrogens with one attached hydrogen (secondary N) is 2. The van der Waals surface area contributed by atoms with E-state index in [1.165, 1.54) is 0 Å². The van der Waals surface area contributed by atoms with Crippen molar-refractivity contribution in [2.75, 3.05) is 13.1 Å². The van der Waals surface area contributed by atoms with Crippen LogP contribution in [0.3, 0.4) is 0 Å². The molecular formula is C35H40N6O3. The van der Waals surface area contributed by atoms with Crippen LogP contribution in [0.2, 0.25) is 0 Å². The summed E-state index contributed by atoms with van der Waals surface area (Å²) in [5.41, 5.74) is 4.84. The monoisotopic (exact) mass is 592 g/mol. The molecular weight excluding hydrogens is 552 g/mol. The minimum absolute atomic E-state index is 0.00183. The predicted octanol–water partition coefficient (Wildman–Crippen LogP) is 6.74. The molecule has 0 radical (unpaired) electrons. The average molecular weight is 593 g/mol. The Kier molecular flexibility index (Phi) is 7.93. The number of fused-ring (bicyclic) bond motifs is 1. The summed E-state index contributed by atoms with van der Waals surface area (Å²) in [7, 11) is 0. The number of aromatic nitrogens is 4. The van der Waals surface area contributed by atoms with Gasteiger partial charge in [-0.25, -0.2) is 14.8 Å². The van der Waals surface area contributed by atoms with Gasteiger partial charge >= 0.3 is 6.09 Å². The number of rotatable bonds is 4. The van der Waals surface area contributed by atoms with Crippen LogP contribution < -0.4 is 0 Å². The predicted molar refractivity (Wildman–Crippen MR) is 170 cm³/mol. The van der Waals surface area contributed by atoms with Gasteiger partial charge in [-0.3, -0.25) is 9.69 Å². The van der Waals surface area contributed by atoms with Crippen LogP contribution in [0.1, 0.15) is 95.2 Å². The lowest BCUT2D eigenvalue weighted by Gasteiger charge is -2.27. The number of hydrogen-bond donors (Lipinski definition) is 2. The van der Waals surface area contributed by atoms with E-state index in [2.05, 4.69) is 21.8 Å². The molecule has 2 fully saturated rings. The molecule has 228 valence electrons. The lowest BCUT2D eigenvalue weighted by atomic mass is 10.1. The van der Waals surface area contributed by atoms with Crippen LogP contribution in [0.15, 0.2) is 48.7 Å². The van der Waals surface area contributed by atoms with Crippen molar-refractivity contribution in [1.29, 1.82) is 0 Å². The number of ether oxygens (including phenoxy) is 1. The maximum Gasteiger partial charge on any atom is 0.410 e. The van der Waals surface area contributed by atoms with Gasteiger partial charge in [-0.1, -0.05) is 37.8 Å². The smallest absolute Gasteiger partial charge is 0.410 e. The van der Waals surface area contributed by atoms with Crippen molar-refractivity contribution in [1.82, 2.24) is 29.7 Å². The standard InChI is InChI=1S/C35H40N6O3/c1-22(2)33(42)40-18-6-9-30(40)32-37-26-17-14-24(20-27(26)38-32)11-10-23-12-15-25(16-13-23)28-21-36-31(39-28)29-8-7-19-41(29)34(43)44-35(3,4)5/h12-17,20-22,29-30H,6-9,18-19H2,1-5H3,(H,36,39)(H,37,38)/t29-,30-/m0/s1. The molecule has 4 aromatic rings. The van der Waals surface area contributed by atoms with Crippen molar-refractivity contribution in [3.05, 3.63) is 71.4 Å². The van der Waals surface area contributed by atoms with Gasteiger partial charge in [0.05, 0.1) is 28.8 Å². The number of aromatic amines is 2. The first-order valence-electron chi connectivity index (χ1n) is 15.5. The van der Waals surface area contributed by atoms with Crippen molar-refractivity contribution < 1.29 is 14.3 Å². The van der Waals surface area contributed by atoms with Crippen LogP contribution in [0.25, 0.3) is 22.3 Å². The molecule has 44 heavy (non-hydrogen) atoms. The maximum absolute atomic E-state index is 12.7. The Labute approximate surface area is 258 Å². The first kappa shape index (κ1) is 29.5. The van der Waals surface area contributed by atoms with Gasteiger partial charge in [0.2, 0.25) is 5.91 Å². The lowest BCUT2D eigenvalue weighted by molar-refractivity contribution is -0.135. The zero-order valence-electron chi connectivity index (χ0n) is 26.1. The third-order valence-electron chi connectivity index (χ3n) is 8.17. The van der Waals surface area contributed by atoms with E-state index in [0.717, 1.165) is 77.3 Å². The molecule has 0 spiro atoms. The van der Waals surface area contributed by atoms with Crippen LogP contribution in [-0.2, 0) is 9.53 Å². The Bertz CT molecular complexity index is 1730. The second kappa shape index (κ2) is 11.8. The van der Waals surface area contributed by atoms with E-state index >= 15 is 0 Å². The van der Waals surface area contributed by atoms with Crippen molar-refractivity contribution in [2.45, 2.75) is 78.0 Å². The third kappa shape index (κ3) is 6.21. The Balaban J connectivity index is 1.13. The Hall–Kier alpha value is -4.58. The van der Waals surface area contributed by atoms with E-state index in [0.29, 0.717) is 6.54 Å². The van der Waals surface area contributed by atoms with E-state index in [-0.39, 0.29) is 30.0 Å². The molecule has 2 aromatic carbocycles. The van der Waals surface area contributed by atoms with Crippen molar-refractivity contribution in [3.63, 3.8) is 0 Å². The van der Waals surface area contributed by atoms with Gasteiger partial charge in [0.1, 0.15) is 17.2 Å². The van der Waals surface area contributed by atoms with Gasteiger partial charge < -0.3 is 19.6 Å². The molecule has 0 saturated carbocycles. The number of amides is 2. The van der Waals surface area contributed by atoms with Crippen molar-refractivity contribution in [2.24, 2.45) is 5.92 Å². The normalized spacial score (nSPS) is 18.6. The SMILES string of the molecule is CC(C)C(=O)N1CCC[C@H]1c1nc2cc(C#Cc3ccc(-c4c[nH]c([C@@H]5CCCN5C(=O)OC(C)(C)C)n4)cc3)ccc2[nH]1. The zero-order valence-corrected chi connectivity index (χ0v) is 26.1. The Morgan fingerprint density at radius 1 is 0.909 bits per heavy atom. The quantitative estimate of drug-likeness (QED) is 0.255. The highest BCUT2D eigenvalue weighted by atomic mass is 16.6. The molecule has 2 amide bonds. The van der Waals surface area contributed by atoms with Crippen LogP contribution in [0, 0.1) is 17.8 Å². The molecule has 9 heteroatoms. The number of nitrogens with zero attached hydrogens (tertiary/aromatic N) is 4. The van der Waals surface area contributed by atoms with Crippen LogP contribution in [-0.4, -0.2) is 60.4 Å². The second-order valence-electron chi connectivity index (χ2n) is 13.0. The highest BCUT2D eigenvalue weighted by Crippen LogP contribution is 2.34. The molecule has 2 aliphatic rings. The number of hydrogen-bond acceptors (Lipinski definition) is 5. The molecule has 4 heterocycles. The van der Waals surface area contributed by atoms with Gasteiger partial charge in [0.15, 0.2) is 0 Å². The summed E-state index contributed by atoms with van der Waals surface area (Å²) in [5, 5.41) is 0. The largest absolute Gasteiger partial charge is 0.444 e. The average Bonchev–Trinajstić information content (AvgIpc) is 3.80. The topological polar surface area (TPSA) is 107 Å². The molecule has 2 atom stereocenters. The summed E-state index contributed by atoms with van der Waals surface area (Å²) < 4.78 is 5.61. The fourth-order valence-electron chi connectivity index (χ4n) is 6.02. The van der Waals surface area contributed by atoms with Crippen molar-refractivity contribution >= 4 is 23.0 Å². The summed E-state index contributed by atoms with van der Waals surface area (Å²) in [6.07, 6.45) is 5.27. The summed E-state index contributed by atoms with van der Waals surface area (Å²) >= 11 is 0. The number of imidazole rings is 2. The van der Waals surface area contributed by atoms with Crippen LogP contribution >= 0.6 is 0 Å². The van der Waals surface area contributed by atoms with Gasteiger partial charge in [-0.05, 0) is 76.8 Å². The summed E-state index contributed by atoms with van der Waals surface area (Å²) in [4.78, 5) is 45.5. The van der Waals surface area contributed by atoms with Crippen LogP contribution in [0.5, 0.6) is 0 Å². The molecule has 2 aromatic heterocycles. The molecule has 9 nitrogen and oxygen atoms in total. The van der Waals surface area contributed by atoms with E-state index in [9.17, 15) is 9.59 Å². The highest BCUT2D eigenvalue weighted by molar-refractivity contribution is 5.80. The minimum Gasteiger partial charge on any atom is -0.444 e. The number of carbonyl (C=O) groups is 2. The molecule has 2 saturated heterocycles. The molecule has 0 bridgehead atoms. The molecule has 0 unspecified atom stereocenters. The van der Waals surface area contributed by atoms with E-state index in [1.54, 1.807) is 4.90 Å². The Morgan fingerprint density at radius 2 is 1.57 bits per heavy atom.